The Morgan fingerprint density at radius 1 is 1.04 bits per heavy atom. The quantitative estimate of drug-likeness (QED) is 0.787. The van der Waals surface area contributed by atoms with E-state index in [1.165, 1.54) is 40.6 Å². The molecule has 2 aromatic carbocycles. The van der Waals surface area contributed by atoms with Crippen molar-refractivity contribution in [2.75, 3.05) is 6.54 Å². The van der Waals surface area contributed by atoms with E-state index in [0.29, 0.717) is 6.04 Å². The van der Waals surface area contributed by atoms with E-state index in [2.05, 4.69) is 68.0 Å². The normalized spacial score (nSPS) is 24.2. The summed E-state index contributed by atoms with van der Waals surface area (Å²) >= 11 is 0. The van der Waals surface area contributed by atoms with Gasteiger partial charge in [0.2, 0.25) is 0 Å². The highest BCUT2D eigenvalue weighted by Gasteiger charge is 2.49. The summed E-state index contributed by atoms with van der Waals surface area (Å²) in [5.41, 5.74) is 6.64. The number of benzene rings is 2. The molecule has 2 unspecified atom stereocenters. The van der Waals surface area contributed by atoms with Crippen molar-refractivity contribution in [3.63, 3.8) is 0 Å². The Hall–Kier alpha value is -1.58. The van der Waals surface area contributed by atoms with Gasteiger partial charge in [0.05, 0.1) is 6.10 Å². The van der Waals surface area contributed by atoms with Crippen molar-refractivity contribution in [3.05, 3.63) is 64.7 Å². The minimum Gasteiger partial charge on any atom is -0.409 e. The van der Waals surface area contributed by atoms with Crippen molar-refractivity contribution < 1.29 is 4.65 Å². The first-order chi connectivity index (χ1) is 11.1. The van der Waals surface area contributed by atoms with Crippen LogP contribution in [0.3, 0.4) is 0 Å². The molecule has 2 aromatic rings. The third kappa shape index (κ3) is 2.62. The second-order valence-electron chi connectivity index (χ2n) is 7.13. The molecule has 2 heterocycles. The Balaban J connectivity index is 1.72. The maximum atomic E-state index is 6.62. The van der Waals surface area contributed by atoms with Gasteiger partial charge >= 0.3 is 7.05 Å². The van der Waals surface area contributed by atoms with Crippen LogP contribution in [-0.2, 0) is 4.65 Å². The summed E-state index contributed by atoms with van der Waals surface area (Å²) in [4.78, 5) is 2.57. The van der Waals surface area contributed by atoms with Gasteiger partial charge in [0.1, 0.15) is 0 Å². The number of rotatable bonds is 2. The minimum absolute atomic E-state index is 0.106. The van der Waals surface area contributed by atoms with Gasteiger partial charge in [-0.25, -0.2) is 0 Å². The molecule has 0 aliphatic carbocycles. The molecule has 2 saturated heterocycles. The van der Waals surface area contributed by atoms with Crippen molar-refractivity contribution in [1.29, 1.82) is 0 Å². The molecule has 0 spiro atoms. The molecule has 23 heavy (non-hydrogen) atoms. The summed E-state index contributed by atoms with van der Waals surface area (Å²) in [7, 11) is 0.106. The summed E-state index contributed by atoms with van der Waals surface area (Å²) in [5.74, 6) is 0. The highest BCUT2D eigenvalue weighted by Crippen LogP contribution is 2.39. The summed E-state index contributed by atoms with van der Waals surface area (Å²) in [6.07, 6.45) is 2.71. The van der Waals surface area contributed by atoms with Crippen LogP contribution < -0.4 is 5.46 Å². The zero-order valence-corrected chi connectivity index (χ0v) is 14.3. The summed E-state index contributed by atoms with van der Waals surface area (Å²) in [6, 6.07) is 16.0. The molecule has 3 heteroatoms. The molecule has 0 saturated carbocycles. The van der Waals surface area contributed by atoms with Crippen molar-refractivity contribution in [3.8, 4) is 0 Å². The molecule has 2 aliphatic heterocycles. The van der Waals surface area contributed by atoms with Crippen LogP contribution in [0.2, 0.25) is 0 Å². The van der Waals surface area contributed by atoms with Gasteiger partial charge in [0, 0.05) is 6.04 Å². The lowest BCUT2D eigenvalue weighted by Gasteiger charge is -2.21. The molecular weight excluding hydrogens is 281 g/mol. The second kappa shape index (κ2) is 5.81. The van der Waals surface area contributed by atoms with Gasteiger partial charge in [0.25, 0.3) is 0 Å². The van der Waals surface area contributed by atoms with E-state index in [1.807, 2.05) is 0 Å². The molecular formula is C20H24BNO. The highest BCUT2D eigenvalue weighted by atomic mass is 16.5. The Bertz CT molecular complexity index is 709. The fourth-order valence-corrected chi connectivity index (χ4v) is 4.33. The molecule has 2 aliphatic rings. The van der Waals surface area contributed by atoms with Crippen molar-refractivity contribution in [1.82, 2.24) is 4.81 Å². The molecule has 2 nitrogen and oxygen atoms in total. The predicted molar refractivity (Wildman–Crippen MR) is 96.0 cm³/mol. The maximum absolute atomic E-state index is 6.62. The fraction of sp³-hybridized carbons (Fsp3) is 0.400. The largest absolute Gasteiger partial charge is 0.419 e. The smallest absolute Gasteiger partial charge is 0.409 e. The average molecular weight is 305 g/mol. The van der Waals surface area contributed by atoms with Crippen LogP contribution in [0, 0.1) is 20.8 Å². The first-order valence-corrected chi connectivity index (χ1v) is 8.68. The van der Waals surface area contributed by atoms with E-state index in [-0.39, 0.29) is 13.2 Å². The molecule has 0 radical (unpaired) electrons. The first-order valence-electron chi connectivity index (χ1n) is 8.68. The van der Waals surface area contributed by atoms with Gasteiger partial charge in [-0.1, -0.05) is 59.2 Å². The van der Waals surface area contributed by atoms with Crippen LogP contribution >= 0.6 is 0 Å². The van der Waals surface area contributed by atoms with Crippen molar-refractivity contribution in [2.45, 2.75) is 45.8 Å². The van der Waals surface area contributed by atoms with Crippen LogP contribution in [0.25, 0.3) is 0 Å². The van der Waals surface area contributed by atoms with Gasteiger partial charge in [-0.15, -0.1) is 0 Å². The zero-order valence-electron chi connectivity index (χ0n) is 14.3. The van der Waals surface area contributed by atoms with E-state index < -0.39 is 0 Å². The van der Waals surface area contributed by atoms with E-state index in [1.54, 1.807) is 0 Å². The molecule has 0 N–H and O–H groups in total. The standard InChI is InChI=1S/C20H24BNO/c1-14-11-15(2)13-17(12-14)20-19-9-6-10-22(19)21(23-20)18-8-5-4-7-16(18)3/h4-5,7-8,11-13,19-20H,6,9-10H2,1-3H3. The van der Waals surface area contributed by atoms with E-state index in [4.69, 9.17) is 4.65 Å². The lowest BCUT2D eigenvalue weighted by Crippen LogP contribution is -2.46. The lowest BCUT2D eigenvalue weighted by molar-refractivity contribution is 0.207. The summed E-state index contributed by atoms with van der Waals surface area (Å²) in [6.45, 7) is 7.69. The second-order valence-corrected chi connectivity index (χ2v) is 7.13. The molecule has 0 amide bonds. The Morgan fingerprint density at radius 2 is 1.78 bits per heavy atom. The van der Waals surface area contributed by atoms with E-state index in [9.17, 15) is 0 Å². The van der Waals surface area contributed by atoms with Gasteiger partial charge in [-0.2, -0.15) is 0 Å². The lowest BCUT2D eigenvalue weighted by atomic mass is 9.70. The Labute approximate surface area is 139 Å². The summed E-state index contributed by atoms with van der Waals surface area (Å²) < 4.78 is 6.62. The number of nitrogens with zero attached hydrogens (tertiary/aromatic N) is 1. The van der Waals surface area contributed by atoms with E-state index in [0.717, 1.165) is 6.54 Å². The highest BCUT2D eigenvalue weighted by molar-refractivity contribution is 6.66. The third-order valence-electron chi connectivity index (χ3n) is 5.30. The van der Waals surface area contributed by atoms with Crippen molar-refractivity contribution >= 4 is 12.5 Å². The number of hydrogen-bond acceptors (Lipinski definition) is 2. The fourth-order valence-electron chi connectivity index (χ4n) is 4.33. The zero-order chi connectivity index (χ0) is 16.0. The third-order valence-corrected chi connectivity index (χ3v) is 5.30. The van der Waals surface area contributed by atoms with E-state index >= 15 is 0 Å². The topological polar surface area (TPSA) is 12.5 Å². The summed E-state index contributed by atoms with van der Waals surface area (Å²) in [5, 5.41) is 0. The van der Waals surface area contributed by atoms with Crippen LogP contribution in [0.15, 0.2) is 42.5 Å². The average Bonchev–Trinajstić information content (AvgIpc) is 3.09. The minimum atomic E-state index is 0.106. The van der Waals surface area contributed by atoms with Crippen LogP contribution in [-0.4, -0.2) is 24.4 Å². The SMILES string of the molecule is Cc1cc(C)cc(C2OB(c3ccccc3C)N3CCCC23)c1. The maximum Gasteiger partial charge on any atom is 0.419 e. The van der Waals surface area contributed by atoms with Gasteiger partial charge in [-0.05, 0) is 51.2 Å². The Kier molecular flexibility index (Phi) is 3.78. The van der Waals surface area contributed by atoms with Gasteiger partial charge in [0.15, 0.2) is 0 Å². The first kappa shape index (κ1) is 15.0. The molecule has 0 bridgehead atoms. The van der Waals surface area contributed by atoms with Crippen LogP contribution in [0.1, 0.15) is 41.2 Å². The monoisotopic (exact) mass is 305 g/mol. The van der Waals surface area contributed by atoms with Gasteiger partial charge < -0.3 is 9.47 Å². The molecule has 118 valence electrons. The molecule has 2 fully saturated rings. The predicted octanol–water partition coefficient (Wildman–Crippen LogP) is 3.54. The molecule has 4 rings (SSSR count). The number of aryl methyl sites for hydroxylation is 3. The van der Waals surface area contributed by atoms with Crippen LogP contribution in [0.4, 0.5) is 0 Å². The number of fused-ring (bicyclic) bond motifs is 1. The van der Waals surface area contributed by atoms with Crippen molar-refractivity contribution in [2.24, 2.45) is 0 Å². The molecule has 2 atom stereocenters. The number of hydrogen-bond donors (Lipinski definition) is 0. The van der Waals surface area contributed by atoms with Gasteiger partial charge in [-0.3, -0.25) is 0 Å². The molecule has 0 aromatic heterocycles. The van der Waals surface area contributed by atoms with Crippen LogP contribution in [0.5, 0.6) is 0 Å². The Morgan fingerprint density at radius 3 is 2.52 bits per heavy atom.